The van der Waals surface area contributed by atoms with Gasteiger partial charge in [-0.2, -0.15) is 0 Å². The van der Waals surface area contributed by atoms with Crippen molar-refractivity contribution < 1.29 is 14.3 Å². The SMILES string of the molecule is CC(C)N(C(=O)COC(=O)c1c(Cl)cccc1Cl)C(C)C. The molecule has 0 aliphatic heterocycles. The fraction of sp³-hybridized carbons (Fsp3) is 0.467. The van der Waals surface area contributed by atoms with E-state index in [4.69, 9.17) is 27.9 Å². The van der Waals surface area contributed by atoms with Gasteiger partial charge in [0.1, 0.15) is 0 Å². The van der Waals surface area contributed by atoms with E-state index < -0.39 is 5.97 Å². The quantitative estimate of drug-likeness (QED) is 0.771. The summed E-state index contributed by atoms with van der Waals surface area (Å²) in [6.45, 7) is 7.29. The lowest BCUT2D eigenvalue weighted by Gasteiger charge is -2.30. The molecule has 0 heterocycles. The number of hydrogen-bond donors (Lipinski definition) is 0. The Morgan fingerprint density at radius 2 is 1.57 bits per heavy atom. The Hall–Kier alpha value is -1.26. The van der Waals surface area contributed by atoms with Crippen LogP contribution in [0.2, 0.25) is 10.0 Å². The average molecular weight is 332 g/mol. The number of rotatable bonds is 5. The minimum Gasteiger partial charge on any atom is -0.452 e. The molecule has 1 rings (SSSR count). The summed E-state index contributed by atoms with van der Waals surface area (Å²) in [6.07, 6.45) is 0. The summed E-state index contributed by atoms with van der Waals surface area (Å²) in [6, 6.07) is 4.77. The van der Waals surface area contributed by atoms with Gasteiger partial charge in [-0.3, -0.25) is 4.79 Å². The lowest BCUT2D eigenvalue weighted by molar-refractivity contribution is -0.138. The van der Waals surface area contributed by atoms with Crippen LogP contribution in [0, 0.1) is 0 Å². The predicted molar refractivity (Wildman–Crippen MR) is 83.9 cm³/mol. The predicted octanol–water partition coefficient (Wildman–Crippen LogP) is 3.80. The second-order valence-corrected chi connectivity index (χ2v) is 5.98. The van der Waals surface area contributed by atoms with Crippen LogP contribution in [0.5, 0.6) is 0 Å². The van der Waals surface area contributed by atoms with Crippen LogP contribution >= 0.6 is 23.2 Å². The van der Waals surface area contributed by atoms with E-state index in [2.05, 4.69) is 0 Å². The third kappa shape index (κ3) is 4.61. The fourth-order valence-corrected chi connectivity index (χ4v) is 2.69. The number of ether oxygens (including phenoxy) is 1. The van der Waals surface area contributed by atoms with Crippen LogP contribution in [-0.2, 0) is 9.53 Å². The van der Waals surface area contributed by atoms with Crippen LogP contribution in [0.25, 0.3) is 0 Å². The number of benzene rings is 1. The van der Waals surface area contributed by atoms with E-state index in [1.807, 2.05) is 27.7 Å². The Labute approximate surface area is 135 Å². The molecule has 0 spiro atoms. The smallest absolute Gasteiger partial charge is 0.341 e. The van der Waals surface area contributed by atoms with Crippen molar-refractivity contribution in [2.45, 2.75) is 39.8 Å². The molecule has 0 N–H and O–H groups in total. The Morgan fingerprint density at radius 3 is 2.00 bits per heavy atom. The number of amides is 1. The molecule has 0 unspecified atom stereocenters. The number of nitrogens with zero attached hydrogens (tertiary/aromatic N) is 1. The highest BCUT2D eigenvalue weighted by atomic mass is 35.5. The molecule has 1 amide bonds. The molecule has 0 atom stereocenters. The summed E-state index contributed by atoms with van der Waals surface area (Å²) in [5.41, 5.74) is 0.0780. The average Bonchev–Trinajstić information content (AvgIpc) is 2.35. The van der Waals surface area contributed by atoms with Crippen LogP contribution in [0.3, 0.4) is 0 Å². The zero-order valence-corrected chi connectivity index (χ0v) is 14.0. The number of halogens is 2. The van der Waals surface area contributed by atoms with Gasteiger partial charge in [0.15, 0.2) is 6.61 Å². The van der Waals surface area contributed by atoms with Crippen molar-refractivity contribution in [3.8, 4) is 0 Å². The maximum absolute atomic E-state index is 12.1. The van der Waals surface area contributed by atoms with Gasteiger partial charge in [0, 0.05) is 12.1 Å². The standard InChI is InChI=1S/C15H19Cl2NO3/c1-9(2)18(10(3)4)13(19)8-21-15(20)14-11(16)6-5-7-12(14)17/h5-7,9-10H,8H2,1-4H3. The first-order valence-corrected chi connectivity index (χ1v) is 7.43. The van der Waals surface area contributed by atoms with Gasteiger partial charge in [-0.1, -0.05) is 29.3 Å². The zero-order chi connectivity index (χ0) is 16.2. The first-order valence-electron chi connectivity index (χ1n) is 6.68. The molecule has 0 saturated heterocycles. The molecular weight excluding hydrogens is 313 g/mol. The topological polar surface area (TPSA) is 46.6 Å². The van der Waals surface area contributed by atoms with Crippen molar-refractivity contribution in [3.63, 3.8) is 0 Å². The highest BCUT2D eigenvalue weighted by Gasteiger charge is 2.23. The maximum atomic E-state index is 12.1. The molecule has 0 bridgehead atoms. The third-order valence-electron chi connectivity index (χ3n) is 2.89. The number of esters is 1. The minimum absolute atomic E-state index is 0.0279. The first kappa shape index (κ1) is 17.8. The highest BCUT2D eigenvalue weighted by Crippen LogP contribution is 2.25. The first-order chi connectivity index (χ1) is 9.75. The van der Waals surface area contributed by atoms with E-state index in [0.29, 0.717) is 0 Å². The number of carbonyl (C=O) groups excluding carboxylic acids is 2. The van der Waals surface area contributed by atoms with Gasteiger partial charge in [0.05, 0.1) is 15.6 Å². The number of carbonyl (C=O) groups is 2. The van der Waals surface area contributed by atoms with Gasteiger partial charge in [0.25, 0.3) is 5.91 Å². The lowest BCUT2D eigenvalue weighted by atomic mass is 10.2. The van der Waals surface area contributed by atoms with Gasteiger partial charge >= 0.3 is 5.97 Å². The Kier molecular flexibility index (Phi) is 6.49. The molecule has 6 heteroatoms. The van der Waals surface area contributed by atoms with E-state index in [0.717, 1.165) is 0 Å². The van der Waals surface area contributed by atoms with E-state index in [9.17, 15) is 9.59 Å². The van der Waals surface area contributed by atoms with Crippen LogP contribution in [0.4, 0.5) is 0 Å². The van der Waals surface area contributed by atoms with Crippen molar-refractivity contribution in [2.75, 3.05) is 6.61 Å². The maximum Gasteiger partial charge on any atom is 0.341 e. The summed E-state index contributed by atoms with van der Waals surface area (Å²) >= 11 is 11.8. The fourth-order valence-electron chi connectivity index (χ4n) is 2.14. The van der Waals surface area contributed by atoms with E-state index >= 15 is 0 Å². The Morgan fingerprint density at radius 1 is 1.10 bits per heavy atom. The van der Waals surface area contributed by atoms with E-state index in [-0.39, 0.29) is 40.2 Å². The van der Waals surface area contributed by atoms with Gasteiger partial charge in [-0.15, -0.1) is 0 Å². The highest BCUT2D eigenvalue weighted by molar-refractivity contribution is 6.39. The molecule has 116 valence electrons. The molecule has 0 aliphatic rings. The molecule has 4 nitrogen and oxygen atoms in total. The second-order valence-electron chi connectivity index (χ2n) is 5.16. The molecule has 21 heavy (non-hydrogen) atoms. The van der Waals surface area contributed by atoms with Crippen molar-refractivity contribution in [1.82, 2.24) is 4.90 Å². The summed E-state index contributed by atoms with van der Waals surface area (Å²) in [4.78, 5) is 25.8. The zero-order valence-electron chi connectivity index (χ0n) is 12.5. The van der Waals surface area contributed by atoms with Crippen LogP contribution in [-0.4, -0.2) is 35.5 Å². The van der Waals surface area contributed by atoms with E-state index in [1.165, 1.54) is 0 Å². The molecule has 1 aromatic rings. The normalized spacial score (nSPS) is 10.9. The molecule has 0 radical (unpaired) electrons. The molecular formula is C15H19Cl2NO3. The third-order valence-corrected chi connectivity index (χ3v) is 3.52. The summed E-state index contributed by atoms with van der Waals surface area (Å²) in [5.74, 6) is -0.956. The van der Waals surface area contributed by atoms with Gasteiger partial charge < -0.3 is 9.64 Å². The molecule has 0 aromatic heterocycles. The van der Waals surface area contributed by atoms with Crippen LogP contribution < -0.4 is 0 Å². The monoisotopic (exact) mass is 331 g/mol. The van der Waals surface area contributed by atoms with Crippen molar-refractivity contribution >= 4 is 35.1 Å². The van der Waals surface area contributed by atoms with Crippen molar-refractivity contribution in [3.05, 3.63) is 33.8 Å². The molecule has 0 fully saturated rings. The molecule has 1 aromatic carbocycles. The molecule has 0 aliphatic carbocycles. The van der Waals surface area contributed by atoms with Gasteiger partial charge in [0.2, 0.25) is 0 Å². The van der Waals surface area contributed by atoms with E-state index in [1.54, 1.807) is 23.1 Å². The van der Waals surface area contributed by atoms with Crippen molar-refractivity contribution in [1.29, 1.82) is 0 Å². The van der Waals surface area contributed by atoms with Gasteiger partial charge in [-0.05, 0) is 39.8 Å². The lowest BCUT2D eigenvalue weighted by Crippen LogP contribution is -2.44. The van der Waals surface area contributed by atoms with Crippen LogP contribution in [0.1, 0.15) is 38.1 Å². The van der Waals surface area contributed by atoms with Crippen molar-refractivity contribution in [2.24, 2.45) is 0 Å². The Bertz CT molecular complexity index is 501. The largest absolute Gasteiger partial charge is 0.452 e. The molecule has 0 saturated carbocycles. The van der Waals surface area contributed by atoms with Crippen LogP contribution in [0.15, 0.2) is 18.2 Å². The second kappa shape index (κ2) is 7.66. The van der Waals surface area contributed by atoms with Gasteiger partial charge in [-0.25, -0.2) is 4.79 Å². The Balaban J connectivity index is 2.75. The minimum atomic E-state index is -0.702. The summed E-state index contributed by atoms with van der Waals surface area (Å²) in [5, 5.41) is 0.397. The summed E-state index contributed by atoms with van der Waals surface area (Å²) < 4.78 is 5.03. The number of hydrogen-bond acceptors (Lipinski definition) is 3. The summed E-state index contributed by atoms with van der Waals surface area (Å²) in [7, 11) is 0.